The molecule has 0 atom stereocenters. The van der Waals surface area contributed by atoms with E-state index in [9.17, 15) is 10.3 Å². The molecule has 0 aromatic heterocycles. The van der Waals surface area contributed by atoms with E-state index in [-0.39, 0.29) is 5.75 Å². The Bertz CT molecular complexity index is 562. The fraction of sp³-hybridized carbons (Fsp3) is 0.133. The van der Waals surface area contributed by atoms with Gasteiger partial charge in [-0.1, -0.05) is 54.5 Å². The minimum Gasteiger partial charge on any atom is -0.507 e. The molecule has 18 heavy (non-hydrogen) atoms. The Morgan fingerprint density at radius 3 is 2.39 bits per heavy atom. The van der Waals surface area contributed by atoms with Crippen molar-refractivity contribution < 1.29 is 10.3 Å². The largest absolute Gasteiger partial charge is 0.507 e. The zero-order chi connectivity index (χ0) is 13.0. The molecule has 0 spiro atoms. The van der Waals surface area contributed by atoms with Crippen LogP contribution in [0.15, 0.2) is 53.7 Å². The summed E-state index contributed by atoms with van der Waals surface area (Å²) in [7, 11) is 0. The molecule has 2 N–H and O–H groups in total. The Hall–Kier alpha value is -2.29. The molecule has 2 aromatic carbocycles. The molecule has 2 rings (SSSR count). The summed E-state index contributed by atoms with van der Waals surface area (Å²) in [5, 5.41) is 22.7. The number of hydrogen-bond acceptors (Lipinski definition) is 3. The number of oxime groups is 1. The van der Waals surface area contributed by atoms with E-state index in [1.807, 2.05) is 49.4 Å². The van der Waals surface area contributed by atoms with Crippen molar-refractivity contribution >= 4 is 5.71 Å². The van der Waals surface area contributed by atoms with Crippen LogP contribution in [-0.4, -0.2) is 16.0 Å². The number of phenolic OH excluding ortho intramolecular Hbond substituents is 1. The lowest BCUT2D eigenvalue weighted by molar-refractivity contribution is 0.319. The maximum absolute atomic E-state index is 10.2. The molecule has 0 aliphatic carbocycles. The summed E-state index contributed by atoms with van der Waals surface area (Å²) in [5.41, 5.74) is 2.53. The van der Waals surface area contributed by atoms with Crippen molar-refractivity contribution in [3.8, 4) is 5.75 Å². The second-order valence-corrected chi connectivity index (χ2v) is 3.98. The van der Waals surface area contributed by atoms with Gasteiger partial charge in [0.1, 0.15) is 11.5 Å². The van der Waals surface area contributed by atoms with Gasteiger partial charge in [-0.05, 0) is 18.1 Å². The Kier molecular flexibility index (Phi) is 3.63. The molecular formula is C15H15NO2. The van der Waals surface area contributed by atoms with Crippen LogP contribution in [0.2, 0.25) is 0 Å². The van der Waals surface area contributed by atoms with Crippen molar-refractivity contribution in [3.05, 3.63) is 65.2 Å². The molecule has 0 fully saturated rings. The highest BCUT2D eigenvalue weighted by atomic mass is 16.4. The van der Waals surface area contributed by atoms with Crippen LogP contribution in [0.1, 0.15) is 23.6 Å². The maximum atomic E-state index is 10.2. The molecule has 0 saturated heterocycles. The zero-order valence-electron chi connectivity index (χ0n) is 10.2. The smallest absolute Gasteiger partial charge is 0.128 e. The fourth-order valence-corrected chi connectivity index (χ4v) is 1.93. The molecule has 0 bridgehead atoms. The Labute approximate surface area is 106 Å². The quantitative estimate of drug-likeness (QED) is 0.492. The second-order valence-electron chi connectivity index (χ2n) is 3.98. The molecule has 0 aliphatic rings. The third-order valence-corrected chi connectivity index (χ3v) is 2.90. The molecule has 0 unspecified atom stereocenters. The molecule has 92 valence electrons. The van der Waals surface area contributed by atoms with Gasteiger partial charge in [-0.3, -0.25) is 0 Å². The number of para-hydroxylation sites is 1. The van der Waals surface area contributed by atoms with Gasteiger partial charge < -0.3 is 10.3 Å². The average molecular weight is 241 g/mol. The van der Waals surface area contributed by atoms with Gasteiger partial charge in [0.05, 0.1) is 0 Å². The van der Waals surface area contributed by atoms with Gasteiger partial charge in [-0.2, -0.15) is 0 Å². The van der Waals surface area contributed by atoms with Crippen molar-refractivity contribution in [2.24, 2.45) is 5.16 Å². The summed E-state index contributed by atoms with van der Waals surface area (Å²) in [6, 6.07) is 14.8. The van der Waals surface area contributed by atoms with Crippen molar-refractivity contribution in [1.29, 1.82) is 0 Å². The van der Waals surface area contributed by atoms with Gasteiger partial charge in [0, 0.05) is 11.1 Å². The molecule has 0 radical (unpaired) electrons. The second kappa shape index (κ2) is 5.36. The molecular weight excluding hydrogens is 226 g/mol. The van der Waals surface area contributed by atoms with E-state index in [1.54, 1.807) is 6.07 Å². The van der Waals surface area contributed by atoms with Crippen LogP contribution in [-0.2, 0) is 6.42 Å². The van der Waals surface area contributed by atoms with Gasteiger partial charge in [0.25, 0.3) is 0 Å². The molecule has 3 heteroatoms. The summed E-state index contributed by atoms with van der Waals surface area (Å²) in [6.45, 7) is 1.97. The highest BCUT2D eigenvalue weighted by Crippen LogP contribution is 2.25. The summed E-state index contributed by atoms with van der Waals surface area (Å²) in [4.78, 5) is 0. The third-order valence-electron chi connectivity index (χ3n) is 2.90. The van der Waals surface area contributed by atoms with E-state index in [1.165, 1.54) is 0 Å². The van der Waals surface area contributed by atoms with Crippen molar-refractivity contribution in [3.63, 3.8) is 0 Å². The van der Waals surface area contributed by atoms with Gasteiger partial charge >= 0.3 is 0 Å². The van der Waals surface area contributed by atoms with Crippen LogP contribution in [0.4, 0.5) is 0 Å². The van der Waals surface area contributed by atoms with Crippen LogP contribution < -0.4 is 0 Å². The highest BCUT2D eigenvalue weighted by Gasteiger charge is 2.13. The third kappa shape index (κ3) is 2.20. The standard InChI is InChI=1S/C15H15NO2/c1-2-11-9-6-10-13(15(11)17)14(16-18)12-7-4-3-5-8-12/h3-10,17-18H,2H2,1H3. The minimum absolute atomic E-state index is 0.177. The molecule has 0 heterocycles. The van der Waals surface area contributed by atoms with Crippen molar-refractivity contribution in [2.75, 3.05) is 0 Å². The lowest BCUT2D eigenvalue weighted by atomic mass is 9.98. The van der Waals surface area contributed by atoms with E-state index in [0.717, 1.165) is 17.5 Å². The number of aryl methyl sites for hydroxylation is 1. The average Bonchev–Trinajstić information content (AvgIpc) is 2.43. The first-order chi connectivity index (χ1) is 8.77. The van der Waals surface area contributed by atoms with Gasteiger partial charge in [-0.15, -0.1) is 0 Å². The first-order valence-electron chi connectivity index (χ1n) is 5.86. The van der Waals surface area contributed by atoms with Gasteiger partial charge in [0.15, 0.2) is 0 Å². The van der Waals surface area contributed by atoms with Gasteiger partial charge in [-0.25, -0.2) is 0 Å². The number of nitrogens with zero attached hydrogens (tertiary/aromatic N) is 1. The number of phenols is 1. The number of aromatic hydroxyl groups is 1. The number of hydrogen-bond donors (Lipinski definition) is 2. The van der Waals surface area contributed by atoms with Crippen LogP contribution in [0.25, 0.3) is 0 Å². The Balaban J connectivity index is 2.54. The van der Waals surface area contributed by atoms with E-state index >= 15 is 0 Å². The Morgan fingerprint density at radius 2 is 1.78 bits per heavy atom. The zero-order valence-corrected chi connectivity index (χ0v) is 10.2. The fourth-order valence-electron chi connectivity index (χ4n) is 1.93. The van der Waals surface area contributed by atoms with Crippen LogP contribution in [0, 0.1) is 0 Å². The topological polar surface area (TPSA) is 52.8 Å². The van der Waals surface area contributed by atoms with E-state index in [2.05, 4.69) is 5.16 Å². The molecule has 0 amide bonds. The molecule has 0 aliphatic heterocycles. The van der Waals surface area contributed by atoms with Crippen LogP contribution >= 0.6 is 0 Å². The monoisotopic (exact) mass is 241 g/mol. The van der Waals surface area contributed by atoms with Crippen molar-refractivity contribution in [1.82, 2.24) is 0 Å². The molecule has 3 nitrogen and oxygen atoms in total. The summed E-state index contributed by atoms with van der Waals surface area (Å²) in [6.07, 6.45) is 0.729. The molecule has 2 aromatic rings. The van der Waals surface area contributed by atoms with Gasteiger partial charge in [0.2, 0.25) is 0 Å². The normalized spacial score (nSPS) is 11.5. The van der Waals surface area contributed by atoms with E-state index in [4.69, 9.17) is 0 Å². The SMILES string of the molecule is CCc1cccc(C(=NO)c2ccccc2)c1O. The van der Waals surface area contributed by atoms with E-state index in [0.29, 0.717) is 11.3 Å². The lowest BCUT2D eigenvalue weighted by Gasteiger charge is -2.10. The predicted molar refractivity (Wildman–Crippen MR) is 71.4 cm³/mol. The first kappa shape index (κ1) is 12.2. The van der Waals surface area contributed by atoms with Crippen LogP contribution in [0.5, 0.6) is 5.75 Å². The lowest BCUT2D eigenvalue weighted by Crippen LogP contribution is -2.04. The first-order valence-corrected chi connectivity index (χ1v) is 5.86. The maximum Gasteiger partial charge on any atom is 0.128 e. The summed E-state index contributed by atoms with van der Waals surface area (Å²) in [5.74, 6) is 0.177. The molecule has 0 saturated carbocycles. The Morgan fingerprint density at radius 1 is 1.06 bits per heavy atom. The number of benzene rings is 2. The van der Waals surface area contributed by atoms with Crippen molar-refractivity contribution in [2.45, 2.75) is 13.3 Å². The number of rotatable bonds is 3. The summed E-state index contributed by atoms with van der Waals surface area (Å²) < 4.78 is 0. The highest BCUT2D eigenvalue weighted by molar-refractivity contribution is 6.14. The predicted octanol–water partition coefficient (Wildman–Crippen LogP) is 3.18. The van der Waals surface area contributed by atoms with Crippen LogP contribution in [0.3, 0.4) is 0 Å². The minimum atomic E-state index is 0.177. The van der Waals surface area contributed by atoms with E-state index < -0.39 is 0 Å². The summed E-state index contributed by atoms with van der Waals surface area (Å²) >= 11 is 0.